The van der Waals surface area contributed by atoms with Gasteiger partial charge in [-0.05, 0) is 19.9 Å². The number of hydrogen-bond acceptors (Lipinski definition) is 3. The minimum Gasteiger partial charge on any atom is -0.383 e. The van der Waals surface area contributed by atoms with Crippen LogP contribution in [0.4, 0.5) is 0 Å². The summed E-state index contributed by atoms with van der Waals surface area (Å²) in [6, 6.07) is 0.296. The predicted molar refractivity (Wildman–Crippen MR) is 66.5 cm³/mol. The molecule has 96 valence electrons. The summed E-state index contributed by atoms with van der Waals surface area (Å²) in [5, 5.41) is 3.17. The monoisotopic (exact) mass is 230 g/mol. The van der Waals surface area contributed by atoms with Crippen LogP contribution in [0.5, 0.6) is 0 Å². The first-order chi connectivity index (χ1) is 7.67. The molecule has 0 saturated heterocycles. The van der Waals surface area contributed by atoms with E-state index in [2.05, 4.69) is 19.2 Å². The Morgan fingerprint density at radius 1 is 1.44 bits per heavy atom. The fraction of sp³-hybridized carbons (Fsp3) is 0.917. The molecular formula is C12H26N2O2. The number of rotatable bonds is 9. The lowest BCUT2D eigenvalue weighted by Crippen LogP contribution is -2.41. The Kier molecular flexibility index (Phi) is 9.24. The number of nitrogens with zero attached hydrogens (tertiary/aromatic N) is 1. The topological polar surface area (TPSA) is 41.6 Å². The molecule has 0 radical (unpaired) electrons. The molecule has 4 nitrogen and oxygen atoms in total. The number of nitrogens with one attached hydrogen (secondary N) is 1. The van der Waals surface area contributed by atoms with Gasteiger partial charge in [0.2, 0.25) is 5.91 Å². The highest BCUT2D eigenvalue weighted by molar-refractivity contribution is 5.76. The Morgan fingerprint density at radius 2 is 2.12 bits per heavy atom. The number of ether oxygens (including phenoxy) is 1. The Bertz CT molecular complexity index is 186. The molecule has 0 aromatic carbocycles. The van der Waals surface area contributed by atoms with E-state index >= 15 is 0 Å². The number of carbonyl (C=O) groups excluding carboxylic acids is 1. The zero-order valence-electron chi connectivity index (χ0n) is 11.1. The number of carbonyl (C=O) groups is 1. The number of amides is 1. The molecule has 16 heavy (non-hydrogen) atoms. The quantitative estimate of drug-likeness (QED) is 0.606. The third-order valence-electron chi connectivity index (χ3n) is 2.75. The summed E-state index contributed by atoms with van der Waals surface area (Å²) in [6.45, 7) is 9.20. The molecule has 4 heteroatoms. The van der Waals surface area contributed by atoms with Crippen molar-refractivity contribution in [3.05, 3.63) is 0 Å². The minimum absolute atomic E-state index is 0.215. The van der Waals surface area contributed by atoms with Gasteiger partial charge in [-0.15, -0.1) is 0 Å². The van der Waals surface area contributed by atoms with E-state index < -0.39 is 0 Å². The first kappa shape index (κ1) is 15.4. The Balaban J connectivity index is 4.09. The van der Waals surface area contributed by atoms with Gasteiger partial charge in [0.15, 0.2) is 0 Å². The van der Waals surface area contributed by atoms with Crippen molar-refractivity contribution in [3.8, 4) is 0 Å². The van der Waals surface area contributed by atoms with Crippen LogP contribution in [0.2, 0.25) is 0 Å². The normalized spacial score (nSPS) is 12.5. The van der Waals surface area contributed by atoms with Crippen LogP contribution in [0.3, 0.4) is 0 Å². The molecule has 1 atom stereocenters. The fourth-order valence-corrected chi connectivity index (χ4v) is 1.52. The molecule has 0 spiro atoms. The Morgan fingerprint density at radius 3 is 2.62 bits per heavy atom. The molecule has 0 aliphatic carbocycles. The van der Waals surface area contributed by atoms with E-state index in [1.165, 1.54) is 0 Å². The van der Waals surface area contributed by atoms with Crippen LogP contribution in [0.25, 0.3) is 0 Å². The first-order valence-corrected chi connectivity index (χ1v) is 6.16. The highest BCUT2D eigenvalue weighted by atomic mass is 16.5. The maximum Gasteiger partial charge on any atom is 0.224 e. The second kappa shape index (κ2) is 9.60. The molecule has 0 aromatic heterocycles. The van der Waals surface area contributed by atoms with Gasteiger partial charge in [0, 0.05) is 32.7 Å². The number of methoxy groups -OCH3 is 1. The van der Waals surface area contributed by atoms with Crippen LogP contribution < -0.4 is 5.32 Å². The maximum absolute atomic E-state index is 12.0. The van der Waals surface area contributed by atoms with Gasteiger partial charge < -0.3 is 15.0 Å². The summed E-state index contributed by atoms with van der Waals surface area (Å²) in [4.78, 5) is 13.9. The molecule has 0 rings (SSSR count). The second-order valence-electron chi connectivity index (χ2n) is 3.94. The Labute approximate surface area is 99.3 Å². The largest absolute Gasteiger partial charge is 0.383 e. The van der Waals surface area contributed by atoms with Gasteiger partial charge >= 0.3 is 0 Å². The Hall–Kier alpha value is -0.610. The minimum atomic E-state index is 0.215. The first-order valence-electron chi connectivity index (χ1n) is 6.16. The highest BCUT2D eigenvalue weighted by Crippen LogP contribution is 2.05. The molecule has 0 fully saturated rings. The van der Waals surface area contributed by atoms with Crippen molar-refractivity contribution in [2.45, 2.75) is 39.7 Å². The molecule has 1 N–H and O–H groups in total. The zero-order chi connectivity index (χ0) is 12.4. The average Bonchev–Trinajstić information content (AvgIpc) is 2.29. The van der Waals surface area contributed by atoms with Crippen molar-refractivity contribution in [2.75, 3.05) is 33.4 Å². The van der Waals surface area contributed by atoms with Crippen LogP contribution >= 0.6 is 0 Å². The summed E-state index contributed by atoms with van der Waals surface area (Å²) < 4.78 is 5.03. The second-order valence-corrected chi connectivity index (χ2v) is 3.94. The number of hydrogen-bond donors (Lipinski definition) is 1. The third-order valence-corrected chi connectivity index (χ3v) is 2.75. The van der Waals surface area contributed by atoms with Crippen molar-refractivity contribution in [3.63, 3.8) is 0 Å². The predicted octanol–water partition coefficient (Wildman–Crippen LogP) is 1.26. The summed E-state index contributed by atoms with van der Waals surface area (Å²) in [5.74, 6) is 0.215. The van der Waals surface area contributed by atoms with Gasteiger partial charge in [0.25, 0.3) is 0 Å². The van der Waals surface area contributed by atoms with Gasteiger partial charge in [0.05, 0.1) is 6.61 Å². The molecule has 1 unspecified atom stereocenters. The highest BCUT2D eigenvalue weighted by Gasteiger charge is 2.17. The molecule has 0 bridgehead atoms. The third kappa shape index (κ3) is 6.08. The molecular weight excluding hydrogens is 204 g/mol. The van der Waals surface area contributed by atoms with E-state index in [4.69, 9.17) is 4.74 Å². The van der Waals surface area contributed by atoms with Gasteiger partial charge in [-0.1, -0.05) is 13.8 Å². The lowest BCUT2D eigenvalue weighted by molar-refractivity contribution is -0.133. The SMILES string of the molecule is CCNCCC(=O)N(CCOC)C(C)CC. The van der Waals surface area contributed by atoms with Crippen LogP contribution in [-0.4, -0.2) is 50.2 Å². The van der Waals surface area contributed by atoms with E-state index in [0.717, 1.165) is 19.5 Å². The van der Waals surface area contributed by atoms with E-state index in [1.807, 2.05) is 11.8 Å². The van der Waals surface area contributed by atoms with Crippen molar-refractivity contribution >= 4 is 5.91 Å². The molecule has 0 aliphatic heterocycles. The molecule has 0 aromatic rings. The van der Waals surface area contributed by atoms with Gasteiger partial charge in [0.1, 0.15) is 0 Å². The van der Waals surface area contributed by atoms with Crippen molar-refractivity contribution < 1.29 is 9.53 Å². The standard InChI is InChI=1S/C12H26N2O2/c1-5-11(3)14(9-10-16-4)12(15)7-8-13-6-2/h11,13H,5-10H2,1-4H3. The maximum atomic E-state index is 12.0. The fourth-order valence-electron chi connectivity index (χ4n) is 1.52. The van der Waals surface area contributed by atoms with E-state index in [9.17, 15) is 4.79 Å². The van der Waals surface area contributed by atoms with Crippen molar-refractivity contribution in [2.24, 2.45) is 0 Å². The zero-order valence-corrected chi connectivity index (χ0v) is 11.1. The molecule has 0 saturated carbocycles. The van der Waals surface area contributed by atoms with E-state index in [0.29, 0.717) is 25.6 Å². The summed E-state index contributed by atoms with van der Waals surface area (Å²) >= 11 is 0. The lowest BCUT2D eigenvalue weighted by Gasteiger charge is -2.28. The van der Waals surface area contributed by atoms with Gasteiger partial charge in [-0.2, -0.15) is 0 Å². The summed E-state index contributed by atoms with van der Waals surface area (Å²) in [5.41, 5.74) is 0. The van der Waals surface area contributed by atoms with Crippen LogP contribution in [0.15, 0.2) is 0 Å². The van der Waals surface area contributed by atoms with Gasteiger partial charge in [-0.3, -0.25) is 4.79 Å². The van der Waals surface area contributed by atoms with E-state index in [1.54, 1.807) is 7.11 Å². The smallest absolute Gasteiger partial charge is 0.224 e. The molecule has 1 amide bonds. The summed E-state index contributed by atoms with van der Waals surface area (Å²) in [7, 11) is 1.66. The van der Waals surface area contributed by atoms with Crippen molar-refractivity contribution in [1.82, 2.24) is 10.2 Å². The van der Waals surface area contributed by atoms with Crippen LogP contribution in [0.1, 0.15) is 33.6 Å². The van der Waals surface area contributed by atoms with Crippen LogP contribution in [-0.2, 0) is 9.53 Å². The van der Waals surface area contributed by atoms with Gasteiger partial charge in [-0.25, -0.2) is 0 Å². The average molecular weight is 230 g/mol. The lowest BCUT2D eigenvalue weighted by atomic mass is 10.2. The van der Waals surface area contributed by atoms with Crippen molar-refractivity contribution in [1.29, 1.82) is 0 Å². The van der Waals surface area contributed by atoms with E-state index in [-0.39, 0.29) is 5.91 Å². The van der Waals surface area contributed by atoms with Crippen LogP contribution in [0, 0.1) is 0 Å². The summed E-state index contributed by atoms with van der Waals surface area (Å²) in [6.07, 6.45) is 1.55. The molecule has 0 heterocycles. The molecule has 0 aliphatic rings.